The van der Waals surface area contributed by atoms with Crippen molar-refractivity contribution in [3.63, 3.8) is 0 Å². The molecular formula is C9H7NO4Zn. The molecule has 1 aromatic carbocycles. The summed E-state index contributed by atoms with van der Waals surface area (Å²) >= 11 is 0. The molecule has 0 radical (unpaired) electrons. The van der Waals surface area contributed by atoms with Gasteiger partial charge in [-0.1, -0.05) is 30.3 Å². The van der Waals surface area contributed by atoms with Crippen molar-refractivity contribution >= 4 is 12.0 Å². The van der Waals surface area contributed by atoms with Crippen LogP contribution in [0.3, 0.4) is 0 Å². The van der Waals surface area contributed by atoms with Crippen molar-refractivity contribution < 1.29 is 34.3 Å². The summed E-state index contributed by atoms with van der Waals surface area (Å²) in [4.78, 5) is 19.8. The Bertz CT molecular complexity index is 372. The number of nitro groups is 1. The van der Waals surface area contributed by atoms with E-state index in [9.17, 15) is 14.9 Å². The first-order valence-corrected chi connectivity index (χ1v) is 3.75. The van der Waals surface area contributed by atoms with Crippen LogP contribution in [0.5, 0.6) is 0 Å². The topological polar surface area (TPSA) is 80.4 Å². The van der Waals surface area contributed by atoms with Gasteiger partial charge >= 0.3 is 11.7 Å². The van der Waals surface area contributed by atoms with Crippen LogP contribution in [0.2, 0.25) is 0 Å². The maximum Gasteiger partial charge on any atom is 0.407 e. The molecule has 1 N–H and O–H groups in total. The fourth-order valence-corrected chi connectivity index (χ4v) is 0.900. The van der Waals surface area contributed by atoms with Crippen LogP contribution in [-0.2, 0) is 24.3 Å². The van der Waals surface area contributed by atoms with Gasteiger partial charge in [0.15, 0.2) is 0 Å². The van der Waals surface area contributed by atoms with Crippen LogP contribution in [0.25, 0.3) is 6.08 Å². The summed E-state index contributed by atoms with van der Waals surface area (Å²) in [5.74, 6) is -1.54. The van der Waals surface area contributed by atoms with E-state index in [0.29, 0.717) is 5.56 Å². The van der Waals surface area contributed by atoms with Crippen LogP contribution in [0.1, 0.15) is 5.56 Å². The van der Waals surface area contributed by atoms with Crippen LogP contribution in [0.4, 0.5) is 0 Å². The van der Waals surface area contributed by atoms with Crippen LogP contribution in [-0.4, -0.2) is 16.0 Å². The maximum absolute atomic E-state index is 10.4. The molecule has 6 heteroatoms. The van der Waals surface area contributed by atoms with E-state index in [1.54, 1.807) is 30.3 Å². The zero-order chi connectivity index (χ0) is 10.6. The first kappa shape index (κ1) is 13.5. The van der Waals surface area contributed by atoms with Gasteiger partial charge in [0.05, 0.1) is 4.92 Å². The van der Waals surface area contributed by atoms with E-state index in [2.05, 4.69) is 0 Å². The second-order valence-electron chi connectivity index (χ2n) is 2.50. The fourth-order valence-electron chi connectivity index (χ4n) is 0.900. The number of carboxylic acid groups (broad SMARTS) is 1. The third kappa shape index (κ3) is 4.00. The predicted molar refractivity (Wildman–Crippen MR) is 49.0 cm³/mol. The van der Waals surface area contributed by atoms with E-state index in [1.807, 2.05) is 0 Å². The summed E-state index contributed by atoms with van der Waals surface area (Å²) in [5, 5.41) is 18.8. The number of rotatable bonds is 3. The average molecular weight is 259 g/mol. The molecule has 0 fully saturated rings. The Morgan fingerprint density at radius 1 is 1.33 bits per heavy atom. The number of nitrogens with zero attached hydrogens (tertiary/aromatic N) is 1. The Balaban J connectivity index is 0.00000196. The first-order chi connectivity index (χ1) is 6.61. The molecule has 0 amide bonds. The van der Waals surface area contributed by atoms with Crippen molar-refractivity contribution in [2.24, 2.45) is 0 Å². The number of hydrogen-bond donors (Lipinski definition) is 1. The molecule has 0 bridgehead atoms. The van der Waals surface area contributed by atoms with Gasteiger partial charge in [0.25, 0.3) is 0 Å². The first-order valence-electron chi connectivity index (χ1n) is 3.75. The van der Waals surface area contributed by atoms with E-state index < -0.39 is 16.6 Å². The molecule has 5 nitrogen and oxygen atoms in total. The molecule has 0 spiro atoms. The van der Waals surface area contributed by atoms with Gasteiger partial charge in [-0.3, -0.25) is 10.1 Å². The van der Waals surface area contributed by atoms with Gasteiger partial charge in [0.1, 0.15) is 0 Å². The summed E-state index contributed by atoms with van der Waals surface area (Å²) in [7, 11) is 0. The second-order valence-corrected chi connectivity index (χ2v) is 2.50. The van der Waals surface area contributed by atoms with Gasteiger partial charge in [-0.05, 0) is 5.56 Å². The van der Waals surface area contributed by atoms with Gasteiger partial charge in [0, 0.05) is 25.6 Å². The molecule has 0 atom stereocenters. The summed E-state index contributed by atoms with van der Waals surface area (Å²) in [6.07, 6.45) is 1.02. The summed E-state index contributed by atoms with van der Waals surface area (Å²) in [5.41, 5.74) is -0.349. The minimum absolute atomic E-state index is 0. The molecule has 0 aliphatic rings. The second kappa shape index (κ2) is 6.03. The zero-order valence-electron chi connectivity index (χ0n) is 7.79. The van der Waals surface area contributed by atoms with Gasteiger partial charge in [-0.25, -0.2) is 4.79 Å². The van der Waals surface area contributed by atoms with E-state index in [4.69, 9.17) is 5.11 Å². The predicted octanol–water partition coefficient (Wildman–Crippen LogP) is 1.39. The number of carboxylic acids is 1. The van der Waals surface area contributed by atoms with Gasteiger partial charge < -0.3 is 5.11 Å². The minimum Gasteiger partial charge on any atom is -0.473 e. The van der Waals surface area contributed by atoms with Crippen LogP contribution >= 0.6 is 0 Å². The molecule has 0 heterocycles. The summed E-state index contributed by atoms with van der Waals surface area (Å²) in [6.45, 7) is 0. The van der Waals surface area contributed by atoms with Crippen LogP contribution in [0.15, 0.2) is 36.0 Å². The van der Waals surface area contributed by atoms with E-state index >= 15 is 0 Å². The van der Waals surface area contributed by atoms with Crippen LogP contribution in [0, 0.1) is 10.1 Å². The Morgan fingerprint density at radius 3 is 2.27 bits per heavy atom. The van der Waals surface area contributed by atoms with Crippen molar-refractivity contribution in [3.05, 3.63) is 51.7 Å². The number of aliphatic carboxylic acids is 1. The molecule has 1 aromatic rings. The number of carbonyl (C=O) groups is 1. The average Bonchev–Trinajstić information content (AvgIpc) is 2.15. The Kier molecular flexibility index (Phi) is 5.41. The van der Waals surface area contributed by atoms with Crippen molar-refractivity contribution in [2.75, 3.05) is 0 Å². The molecule has 0 aromatic heterocycles. The Morgan fingerprint density at radius 2 is 1.87 bits per heavy atom. The molecular weight excluding hydrogens is 251 g/mol. The van der Waals surface area contributed by atoms with E-state index in [-0.39, 0.29) is 19.5 Å². The third-order valence-corrected chi connectivity index (χ3v) is 1.52. The SMILES string of the molecule is O=C(O)C(=Cc1ccccc1)[N+](=O)[O-].[Zn]. The molecule has 0 unspecified atom stereocenters. The van der Waals surface area contributed by atoms with E-state index in [1.165, 1.54) is 0 Å². The fraction of sp³-hybridized carbons (Fsp3) is 0. The van der Waals surface area contributed by atoms with Gasteiger partial charge in [-0.15, -0.1) is 0 Å². The van der Waals surface area contributed by atoms with Crippen molar-refractivity contribution in [2.45, 2.75) is 0 Å². The zero-order valence-corrected chi connectivity index (χ0v) is 10.8. The molecule has 1 rings (SSSR count). The third-order valence-electron chi connectivity index (χ3n) is 1.52. The standard InChI is InChI=1S/C9H7NO4.Zn/c11-9(12)8(10(13)14)6-7-4-2-1-3-5-7;/h1-6H,(H,11,12);. The van der Waals surface area contributed by atoms with Gasteiger partial charge in [-0.2, -0.15) is 0 Å². The molecule has 0 saturated carbocycles. The Hall–Kier alpha value is -1.55. The minimum atomic E-state index is -1.54. The van der Waals surface area contributed by atoms with Crippen molar-refractivity contribution in [3.8, 4) is 0 Å². The maximum atomic E-state index is 10.4. The largest absolute Gasteiger partial charge is 0.473 e. The molecule has 74 valence electrons. The number of hydrogen-bond acceptors (Lipinski definition) is 3. The van der Waals surface area contributed by atoms with Gasteiger partial charge in [0.2, 0.25) is 0 Å². The normalized spacial score (nSPS) is 10.3. The van der Waals surface area contributed by atoms with Crippen LogP contribution < -0.4 is 0 Å². The van der Waals surface area contributed by atoms with Crippen molar-refractivity contribution in [1.82, 2.24) is 0 Å². The smallest absolute Gasteiger partial charge is 0.407 e. The molecule has 0 aliphatic heterocycles. The van der Waals surface area contributed by atoms with E-state index in [0.717, 1.165) is 6.08 Å². The summed E-state index contributed by atoms with van der Waals surface area (Å²) < 4.78 is 0. The number of benzene rings is 1. The Labute approximate surface area is 98.3 Å². The molecule has 15 heavy (non-hydrogen) atoms. The quantitative estimate of drug-likeness (QED) is 0.384. The monoisotopic (exact) mass is 257 g/mol. The summed E-state index contributed by atoms with van der Waals surface area (Å²) in [6, 6.07) is 8.26. The van der Waals surface area contributed by atoms with Crippen molar-refractivity contribution in [1.29, 1.82) is 0 Å². The molecule has 0 saturated heterocycles. The molecule has 0 aliphatic carbocycles.